The number of aromatic nitrogens is 2. The summed E-state index contributed by atoms with van der Waals surface area (Å²) in [6, 6.07) is 4.14. The van der Waals surface area contributed by atoms with E-state index in [9.17, 15) is 0 Å². The zero-order valence-corrected chi connectivity index (χ0v) is 11.1. The maximum Gasteiger partial charge on any atom is 0.153 e. The highest BCUT2D eigenvalue weighted by molar-refractivity contribution is 5.93. The largest absolute Gasteiger partial charge is 0.382 e. The molecular formula is C14H21N3. The molecular weight excluding hydrogens is 210 g/mol. The fourth-order valence-corrected chi connectivity index (χ4v) is 2.21. The van der Waals surface area contributed by atoms with Crippen molar-refractivity contribution < 1.29 is 0 Å². The predicted molar refractivity (Wildman–Crippen MR) is 75.2 cm³/mol. The first kappa shape index (κ1) is 13.3. The summed E-state index contributed by atoms with van der Waals surface area (Å²) >= 11 is 0. The van der Waals surface area contributed by atoms with Crippen LogP contribution in [0.2, 0.25) is 0 Å². The Hall–Kier alpha value is -1.77. The Morgan fingerprint density at radius 2 is 1.82 bits per heavy atom. The molecule has 0 amide bonds. The lowest BCUT2D eigenvalue weighted by molar-refractivity contribution is 0.592. The van der Waals surface area contributed by atoms with E-state index in [-0.39, 0.29) is 5.41 Å². The van der Waals surface area contributed by atoms with Gasteiger partial charge in [-0.05, 0) is 29.5 Å². The molecule has 0 saturated carbocycles. The van der Waals surface area contributed by atoms with Gasteiger partial charge in [-0.3, -0.25) is 5.10 Å². The fourth-order valence-electron chi connectivity index (χ4n) is 2.21. The van der Waals surface area contributed by atoms with Crippen LogP contribution in [0.25, 0.3) is 10.9 Å². The third-order valence-corrected chi connectivity index (χ3v) is 2.72. The molecule has 1 aromatic heterocycles. The summed E-state index contributed by atoms with van der Waals surface area (Å²) in [7, 11) is 0. The second kappa shape index (κ2) is 4.62. The molecule has 3 nitrogen and oxygen atoms in total. The number of anilines is 1. The van der Waals surface area contributed by atoms with Gasteiger partial charge in [-0.25, -0.2) is 0 Å². The van der Waals surface area contributed by atoms with Gasteiger partial charge in [0.2, 0.25) is 0 Å². The molecule has 0 radical (unpaired) electrons. The third-order valence-electron chi connectivity index (χ3n) is 2.72. The molecule has 3 heteroatoms. The third kappa shape index (κ3) is 2.33. The highest BCUT2D eigenvalue weighted by atomic mass is 15.1. The van der Waals surface area contributed by atoms with E-state index in [0.717, 1.165) is 10.9 Å². The molecule has 0 aliphatic heterocycles. The van der Waals surface area contributed by atoms with Crippen LogP contribution in [0.1, 0.15) is 31.9 Å². The smallest absolute Gasteiger partial charge is 0.153 e. The van der Waals surface area contributed by atoms with Gasteiger partial charge in [0.25, 0.3) is 0 Å². The lowest BCUT2D eigenvalue weighted by Gasteiger charge is -2.22. The van der Waals surface area contributed by atoms with Gasteiger partial charge in [0.1, 0.15) is 0 Å². The Labute approximate surface area is 103 Å². The van der Waals surface area contributed by atoms with E-state index >= 15 is 0 Å². The van der Waals surface area contributed by atoms with Gasteiger partial charge in [-0.15, -0.1) is 13.2 Å². The average molecular weight is 231 g/mol. The van der Waals surface area contributed by atoms with Gasteiger partial charge >= 0.3 is 0 Å². The van der Waals surface area contributed by atoms with Crippen LogP contribution < -0.4 is 5.73 Å². The second-order valence-corrected chi connectivity index (χ2v) is 5.04. The molecule has 0 saturated heterocycles. The molecule has 0 unspecified atom stereocenters. The SMILES string of the molecule is C=C.Cc1ccc2[nH]nc(N)c2c1C(C)(C)C. The van der Waals surface area contributed by atoms with Gasteiger partial charge < -0.3 is 5.73 Å². The lowest BCUT2D eigenvalue weighted by atomic mass is 9.82. The lowest BCUT2D eigenvalue weighted by Crippen LogP contribution is -2.14. The van der Waals surface area contributed by atoms with Crippen molar-refractivity contribution in [3.63, 3.8) is 0 Å². The van der Waals surface area contributed by atoms with E-state index in [1.165, 1.54) is 11.1 Å². The van der Waals surface area contributed by atoms with Crippen molar-refractivity contribution in [2.75, 3.05) is 5.73 Å². The molecule has 0 spiro atoms. The van der Waals surface area contributed by atoms with Crippen LogP contribution in [-0.4, -0.2) is 10.2 Å². The number of aryl methyl sites for hydroxylation is 1. The molecule has 2 rings (SSSR count). The van der Waals surface area contributed by atoms with Crippen LogP contribution >= 0.6 is 0 Å². The van der Waals surface area contributed by atoms with Crippen molar-refractivity contribution >= 4 is 16.7 Å². The highest BCUT2D eigenvalue weighted by Crippen LogP contribution is 2.34. The van der Waals surface area contributed by atoms with Crippen molar-refractivity contribution in [2.24, 2.45) is 0 Å². The second-order valence-electron chi connectivity index (χ2n) is 5.04. The molecule has 0 aliphatic carbocycles. The minimum Gasteiger partial charge on any atom is -0.382 e. The number of nitrogens with one attached hydrogen (secondary N) is 1. The Morgan fingerprint density at radius 3 is 2.35 bits per heavy atom. The van der Waals surface area contributed by atoms with E-state index in [1.807, 2.05) is 6.07 Å². The summed E-state index contributed by atoms with van der Waals surface area (Å²) in [6.45, 7) is 14.7. The predicted octanol–water partition coefficient (Wildman–Crippen LogP) is 3.55. The van der Waals surface area contributed by atoms with Crippen LogP contribution in [-0.2, 0) is 5.41 Å². The van der Waals surface area contributed by atoms with Gasteiger partial charge in [-0.2, -0.15) is 5.10 Å². The molecule has 0 fully saturated rings. The molecule has 2 aromatic rings. The number of nitrogens with two attached hydrogens (primary N) is 1. The Bertz CT molecular complexity index is 518. The monoisotopic (exact) mass is 231 g/mol. The van der Waals surface area contributed by atoms with Crippen molar-refractivity contribution in [1.29, 1.82) is 0 Å². The number of H-pyrrole nitrogens is 1. The van der Waals surface area contributed by atoms with Gasteiger partial charge in [0, 0.05) is 5.39 Å². The number of aromatic amines is 1. The first-order valence-electron chi connectivity index (χ1n) is 5.65. The number of nitrogens with zero attached hydrogens (tertiary/aromatic N) is 1. The van der Waals surface area contributed by atoms with Crippen molar-refractivity contribution in [1.82, 2.24) is 10.2 Å². The van der Waals surface area contributed by atoms with E-state index < -0.39 is 0 Å². The molecule has 17 heavy (non-hydrogen) atoms. The Morgan fingerprint density at radius 1 is 1.24 bits per heavy atom. The van der Waals surface area contributed by atoms with E-state index in [2.05, 4.69) is 57.1 Å². The molecule has 3 N–H and O–H groups in total. The van der Waals surface area contributed by atoms with Gasteiger partial charge in [0.15, 0.2) is 5.82 Å². The van der Waals surface area contributed by atoms with E-state index in [4.69, 9.17) is 5.73 Å². The molecule has 0 aliphatic rings. The molecule has 1 aromatic carbocycles. The first-order valence-corrected chi connectivity index (χ1v) is 5.65. The highest BCUT2D eigenvalue weighted by Gasteiger charge is 2.21. The first-order chi connectivity index (χ1) is 7.91. The maximum absolute atomic E-state index is 5.90. The topological polar surface area (TPSA) is 54.7 Å². The number of hydrogen-bond acceptors (Lipinski definition) is 2. The van der Waals surface area contributed by atoms with Crippen LogP contribution in [0.5, 0.6) is 0 Å². The van der Waals surface area contributed by atoms with Crippen molar-refractivity contribution in [3.05, 3.63) is 36.4 Å². The molecule has 1 heterocycles. The van der Waals surface area contributed by atoms with Crippen LogP contribution in [0.4, 0.5) is 5.82 Å². The summed E-state index contributed by atoms with van der Waals surface area (Å²) < 4.78 is 0. The summed E-state index contributed by atoms with van der Waals surface area (Å²) in [6.07, 6.45) is 0. The summed E-state index contributed by atoms with van der Waals surface area (Å²) in [5, 5.41) is 8.09. The minimum atomic E-state index is 0.0849. The zero-order chi connectivity index (χ0) is 13.2. The van der Waals surface area contributed by atoms with Crippen LogP contribution in [0, 0.1) is 6.92 Å². The van der Waals surface area contributed by atoms with Crippen LogP contribution in [0.3, 0.4) is 0 Å². The summed E-state index contributed by atoms with van der Waals surface area (Å²) in [4.78, 5) is 0. The quantitative estimate of drug-likeness (QED) is 0.681. The van der Waals surface area contributed by atoms with E-state index in [0.29, 0.717) is 5.82 Å². The Kier molecular flexibility index (Phi) is 3.61. The Balaban J connectivity index is 0.000000686. The van der Waals surface area contributed by atoms with E-state index in [1.54, 1.807) is 0 Å². The molecule has 0 atom stereocenters. The number of benzene rings is 1. The number of nitrogen functional groups attached to an aromatic ring is 1. The van der Waals surface area contributed by atoms with Gasteiger partial charge in [0.05, 0.1) is 5.52 Å². The maximum atomic E-state index is 5.90. The zero-order valence-electron chi connectivity index (χ0n) is 11.1. The normalized spacial score (nSPS) is 11.1. The molecule has 0 bridgehead atoms. The number of hydrogen-bond donors (Lipinski definition) is 2. The number of rotatable bonds is 0. The summed E-state index contributed by atoms with van der Waals surface area (Å²) in [5.74, 6) is 0.596. The standard InChI is InChI=1S/C12H17N3.C2H4/c1-7-5-6-8-9(11(13)15-14-8)10(7)12(2,3)4;1-2/h5-6H,1-4H3,(H3,13,14,15);1-2H2. The van der Waals surface area contributed by atoms with Crippen molar-refractivity contribution in [2.45, 2.75) is 33.1 Å². The van der Waals surface area contributed by atoms with Crippen molar-refractivity contribution in [3.8, 4) is 0 Å². The van der Waals surface area contributed by atoms with Crippen LogP contribution in [0.15, 0.2) is 25.3 Å². The van der Waals surface area contributed by atoms with Gasteiger partial charge in [-0.1, -0.05) is 26.8 Å². The fraction of sp³-hybridized carbons (Fsp3) is 0.357. The molecule has 92 valence electrons. The average Bonchev–Trinajstić information content (AvgIpc) is 2.62. The minimum absolute atomic E-state index is 0.0849. The number of fused-ring (bicyclic) bond motifs is 1. The summed E-state index contributed by atoms with van der Waals surface area (Å²) in [5.41, 5.74) is 9.55.